The minimum atomic E-state index is 0.871. The number of hydrogen-bond acceptors (Lipinski definition) is 2. The van der Waals surface area contributed by atoms with Crippen molar-refractivity contribution in [2.24, 2.45) is 0 Å². The first kappa shape index (κ1) is 8.97. The highest BCUT2D eigenvalue weighted by molar-refractivity contribution is 9.10. The SMILES string of the molecule is C=CCNCc1cc(Br)cs1. The summed E-state index contributed by atoms with van der Waals surface area (Å²) in [6.07, 6.45) is 1.86. The number of rotatable bonds is 4. The fourth-order valence-corrected chi connectivity index (χ4v) is 2.16. The minimum absolute atomic E-state index is 0.871. The molecule has 0 aromatic carbocycles. The lowest BCUT2D eigenvalue weighted by atomic mass is 10.4. The molecule has 0 spiro atoms. The van der Waals surface area contributed by atoms with Gasteiger partial charge >= 0.3 is 0 Å². The summed E-state index contributed by atoms with van der Waals surface area (Å²) >= 11 is 5.16. The Morgan fingerprint density at radius 3 is 3.09 bits per heavy atom. The molecule has 0 unspecified atom stereocenters. The highest BCUT2D eigenvalue weighted by atomic mass is 79.9. The van der Waals surface area contributed by atoms with Gasteiger partial charge in [0.2, 0.25) is 0 Å². The lowest BCUT2D eigenvalue weighted by molar-refractivity contribution is 0.771. The summed E-state index contributed by atoms with van der Waals surface area (Å²) in [4.78, 5) is 1.35. The topological polar surface area (TPSA) is 12.0 Å². The Hall–Kier alpha value is -0.120. The van der Waals surface area contributed by atoms with E-state index in [0.717, 1.165) is 17.6 Å². The van der Waals surface area contributed by atoms with Crippen molar-refractivity contribution in [3.05, 3.63) is 33.5 Å². The first-order valence-corrected chi connectivity index (χ1v) is 5.04. The molecular weight excluding hydrogens is 222 g/mol. The van der Waals surface area contributed by atoms with Gasteiger partial charge in [0, 0.05) is 27.8 Å². The number of thiophene rings is 1. The Bertz CT molecular complexity index is 232. The van der Waals surface area contributed by atoms with Gasteiger partial charge in [-0.15, -0.1) is 17.9 Å². The van der Waals surface area contributed by atoms with Crippen molar-refractivity contribution < 1.29 is 0 Å². The van der Waals surface area contributed by atoms with Crippen molar-refractivity contribution in [2.75, 3.05) is 6.54 Å². The summed E-state index contributed by atoms with van der Waals surface area (Å²) in [6.45, 7) is 5.43. The molecule has 1 aromatic heterocycles. The van der Waals surface area contributed by atoms with Gasteiger partial charge in [0.05, 0.1) is 0 Å². The van der Waals surface area contributed by atoms with E-state index in [1.807, 2.05) is 6.08 Å². The van der Waals surface area contributed by atoms with Crippen LogP contribution in [0.1, 0.15) is 4.88 Å². The van der Waals surface area contributed by atoms with Crippen molar-refractivity contribution in [2.45, 2.75) is 6.54 Å². The zero-order valence-corrected chi connectivity index (χ0v) is 8.54. The van der Waals surface area contributed by atoms with Crippen LogP contribution in [0.3, 0.4) is 0 Å². The molecule has 1 rings (SSSR count). The lowest BCUT2D eigenvalue weighted by Crippen LogP contribution is -2.11. The molecule has 1 N–H and O–H groups in total. The Morgan fingerprint density at radius 2 is 2.55 bits per heavy atom. The third kappa shape index (κ3) is 3.18. The fourth-order valence-electron chi connectivity index (χ4n) is 0.744. The molecule has 60 valence electrons. The molecule has 11 heavy (non-hydrogen) atoms. The van der Waals surface area contributed by atoms with E-state index in [-0.39, 0.29) is 0 Å². The van der Waals surface area contributed by atoms with E-state index in [1.54, 1.807) is 11.3 Å². The van der Waals surface area contributed by atoms with Crippen molar-refractivity contribution in [3.8, 4) is 0 Å². The van der Waals surface area contributed by atoms with Crippen molar-refractivity contribution in [3.63, 3.8) is 0 Å². The van der Waals surface area contributed by atoms with Gasteiger partial charge in [0.1, 0.15) is 0 Å². The Morgan fingerprint density at radius 1 is 1.73 bits per heavy atom. The van der Waals surface area contributed by atoms with E-state index in [4.69, 9.17) is 0 Å². The maximum Gasteiger partial charge on any atom is 0.0303 e. The highest BCUT2D eigenvalue weighted by Gasteiger charge is 1.94. The molecule has 3 heteroatoms. The van der Waals surface area contributed by atoms with E-state index in [1.165, 1.54) is 4.88 Å². The maximum absolute atomic E-state index is 3.63. The van der Waals surface area contributed by atoms with Crippen LogP contribution < -0.4 is 5.32 Å². The van der Waals surface area contributed by atoms with Crippen LogP contribution in [0.4, 0.5) is 0 Å². The monoisotopic (exact) mass is 231 g/mol. The van der Waals surface area contributed by atoms with Crippen LogP contribution in [-0.4, -0.2) is 6.54 Å². The van der Waals surface area contributed by atoms with Crippen LogP contribution in [0.15, 0.2) is 28.6 Å². The summed E-state index contributed by atoms with van der Waals surface area (Å²) in [5.41, 5.74) is 0. The van der Waals surface area contributed by atoms with E-state index >= 15 is 0 Å². The number of hydrogen-bond donors (Lipinski definition) is 1. The summed E-state index contributed by atoms with van der Waals surface area (Å²) in [6, 6.07) is 2.13. The molecule has 0 aliphatic heterocycles. The van der Waals surface area contributed by atoms with Gasteiger partial charge in [-0.1, -0.05) is 6.08 Å². The first-order chi connectivity index (χ1) is 5.33. The molecule has 0 atom stereocenters. The fraction of sp³-hybridized carbons (Fsp3) is 0.250. The van der Waals surface area contributed by atoms with Crippen molar-refractivity contribution in [1.82, 2.24) is 5.32 Å². The van der Waals surface area contributed by atoms with Gasteiger partial charge in [-0.25, -0.2) is 0 Å². The zero-order chi connectivity index (χ0) is 8.10. The van der Waals surface area contributed by atoms with Crippen LogP contribution in [-0.2, 0) is 6.54 Å². The molecule has 0 amide bonds. The average Bonchev–Trinajstić information content (AvgIpc) is 2.37. The highest BCUT2D eigenvalue weighted by Crippen LogP contribution is 2.19. The summed E-state index contributed by atoms with van der Waals surface area (Å²) < 4.78 is 1.16. The van der Waals surface area contributed by atoms with Crippen LogP contribution in [0.2, 0.25) is 0 Å². The quantitative estimate of drug-likeness (QED) is 0.621. The first-order valence-electron chi connectivity index (χ1n) is 3.37. The Kier molecular flexibility index (Phi) is 3.83. The molecule has 0 bridgehead atoms. The normalized spacial score (nSPS) is 9.91. The predicted molar refractivity (Wildman–Crippen MR) is 53.9 cm³/mol. The van der Waals surface area contributed by atoms with Gasteiger partial charge in [-0.3, -0.25) is 0 Å². The van der Waals surface area contributed by atoms with Crippen LogP contribution in [0.25, 0.3) is 0 Å². The summed E-state index contributed by atoms with van der Waals surface area (Å²) in [5, 5.41) is 5.32. The third-order valence-electron chi connectivity index (χ3n) is 1.21. The summed E-state index contributed by atoms with van der Waals surface area (Å²) in [7, 11) is 0. The second-order valence-electron chi connectivity index (χ2n) is 2.15. The van der Waals surface area contributed by atoms with E-state index in [2.05, 4.69) is 39.3 Å². The van der Waals surface area contributed by atoms with E-state index in [0.29, 0.717) is 0 Å². The molecule has 0 aliphatic carbocycles. The van der Waals surface area contributed by atoms with E-state index < -0.39 is 0 Å². The number of nitrogens with one attached hydrogen (secondary N) is 1. The molecule has 0 saturated carbocycles. The van der Waals surface area contributed by atoms with Gasteiger partial charge < -0.3 is 5.32 Å². The molecule has 0 aliphatic rings. The van der Waals surface area contributed by atoms with Crippen molar-refractivity contribution >= 4 is 27.3 Å². The third-order valence-corrected chi connectivity index (χ3v) is 2.91. The molecular formula is C8H10BrNS. The Balaban J connectivity index is 2.32. The second-order valence-corrected chi connectivity index (χ2v) is 4.06. The maximum atomic E-state index is 3.63. The van der Waals surface area contributed by atoms with Gasteiger partial charge in [-0.2, -0.15) is 0 Å². The molecule has 1 nitrogen and oxygen atoms in total. The lowest BCUT2D eigenvalue weighted by Gasteiger charge is -1.95. The van der Waals surface area contributed by atoms with E-state index in [9.17, 15) is 0 Å². The number of halogens is 1. The smallest absolute Gasteiger partial charge is 0.0303 e. The van der Waals surface area contributed by atoms with Gasteiger partial charge in [0.15, 0.2) is 0 Å². The van der Waals surface area contributed by atoms with Crippen LogP contribution >= 0.6 is 27.3 Å². The second kappa shape index (κ2) is 4.70. The van der Waals surface area contributed by atoms with Gasteiger partial charge in [-0.05, 0) is 22.0 Å². The molecule has 0 radical (unpaired) electrons. The Labute approximate surface area is 79.3 Å². The molecule has 0 saturated heterocycles. The standard InChI is InChI=1S/C8H10BrNS/c1-2-3-10-5-8-4-7(9)6-11-8/h2,4,6,10H,1,3,5H2. The van der Waals surface area contributed by atoms with Crippen LogP contribution in [0, 0.1) is 0 Å². The predicted octanol–water partition coefficient (Wildman–Crippen LogP) is 2.79. The molecule has 1 heterocycles. The van der Waals surface area contributed by atoms with Crippen LogP contribution in [0.5, 0.6) is 0 Å². The zero-order valence-electron chi connectivity index (χ0n) is 6.14. The molecule has 0 fully saturated rings. The summed E-state index contributed by atoms with van der Waals surface area (Å²) in [5.74, 6) is 0. The largest absolute Gasteiger partial charge is 0.308 e. The minimum Gasteiger partial charge on any atom is -0.308 e. The average molecular weight is 232 g/mol. The van der Waals surface area contributed by atoms with Crippen molar-refractivity contribution in [1.29, 1.82) is 0 Å². The molecule has 1 aromatic rings. The van der Waals surface area contributed by atoms with Gasteiger partial charge in [0.25, 0.3) is 0 Å².